The lowest BCUT2D eigenvalue weighted by Crippen LogP contribution is -2.44. The molecule has 1 unspecified atom stereocenters. The molecule has 0 bridgehead atoms. The van der Waals surface area contributed by atoms with Gasteiger partial charge in [0.2, 0.25) is 0 Å². The third kappa shape index (κ3) is 4.11. The number of benzene rings is 1. The molecule has 2 aliphatic rings. The fraction of sp³-hybridized carbons (Fsp3) is 0.625. The Kier molecular flexibility index (Phi) is 4.87. The number of piperidine rings is 1. The van der Waals surface area contributed by atoms with Crippen molar-refractivity contribution in [3.8, 4) is 0 Å². The van der Waals surface area contributed by atoms with Gasteiger partial charge in [0.1, 0.15) is 0 Å². The average Bonchev–Trinajstić information content (AvgIpc) is 3.22. The molecule has 1 saturated carbocycles. The largest absolute Gasteiger partial charge is 0.313 e. The van der Waals surface area contributed by atoms with Gasteiger partial charge in [0.05, 0.1) is 0 Å². The van der Waals surface area contributed by atoms with E-state index in [9.17, 15) is 0 Å². The lowest BCUT2D eigenvalue weighted by atomic mass is 10.0. The molecule has 110 valence electrons. The summed E-state index contributed by atoms with van der Waals surface area (Å²) in [6.45, 7) is 3.28. The van der Waals surface area contributed by atoms with Crippen LogP contribution >= 0.6 is 23.2 Å². The van der Waals surface area contributed by atoms with Crippen LogP contribution in [-0.4, -0.2) is 30.1 Å². The number of hydrogen-bond donors (Lipinski definition) is 1. The van der Waals surface area contributed by atoms with Gasteiger partial charge in [-0.05, 0) is 56.0 Å². The first-order chi connectivity index (χ1) is 9.70. The summed E-state index contributed by atoms with van der Waals surface area (Å²) in [7, 11) is 0. The Morgan fingerprint density at radius 3 is 2.40 bits per heavy atom. The van der Waals surface area contributed by atoms with Gasteiger partial charge < -0.3 is 5.32 Å². The fourth-order valence-corrected chi connectivity index (χ4v) is 3.65. The Morgan fingerprint density at radius 2 is 1.80 bits per heavy atom. The predicted molar refractivity (Wildman–Crippen MR) is 85.5 cm³/mol. The first-order valence-corrected chi connectivity index (χ1v) is 8.39. The summed E-state index contributed by atoms with van der Waals surface area (Å²) in [4.78, 5) is 2.60. The second kappa shape index (κ2) is 6.65. The Labute approximate surface area is 131 Å². The molecule has 1 aromatic rings. The van der Waals surface area contributed by atoms with Crippen molar-refractivity contribution in [3.05, 3.63) is 33.8 Å². The molecule has 0 aromatic heterocycles. The number of halogens is 2. The summed E-state index contributed by atoms with van der Waals surface area (Å²) in [5, 5.41) is 5.12. The van der Waals surface area contributed by atoms with Crippen LogP contribution in [0.5, 0.6) is 0 Å². The van der Waals surface area contributed by atoms with E-state index in [1.807, 2.05) is 12.1 Å². The van der Waals surface area contributed by atoms with E-state index >= 15 is 0 Å². The van der Waals surface area contributed by atoms with Crippen LogP contribution in [0.4, 0.5) is 0 Å². The standard InChI is InChI=1S/C16H22Cl2N2/c17-13-7-12(8-14(18)9-13)10-20(16-4-5-16)11-15-3-1-2-6-19-15/h7-9,15-16,19H,1-6,10-11H2. The van der Waals surface area contributed by atoms with Crippen molar-refractivity contribution in [2.45, 2.75) is 50.7 Å². The summed E-state index contributed by atoms with van der Waals surface area (Å²) in [5.41, 5.74) is 1.23. The van der Waals surface area contributed by atoms with E-state index in [4.69, 9.17) is 23.2 Å². The molecule has 0 amide bonds. The molecule has 2 fully saturated rings. The van der Waals surface area contributed by atoms with Gasteiger partial charge in [-0.15, -0.1) is 0 Å². The molecular formula is C16H22Cl2N2. The fourth-order valence-electron chi connectivity index (χ4n) is 3.08. The lowest BCUT2D eigenvalue weighted by Gasteiger charge is -2.30. The van der Waals surface area contributed by atoms with Crippen LogP contribution in [0.2, 0.25) is 10.0 Å². The highest BCUT2D eigenvalue weighted by molar-refractivity contribution is 6.34. The van der Waals surface area contributed by atoms with Crippen LogP contribution in [0.15, 0.2) is 18.2 Å². The maximum Gasteiger partial charge on any atom is 0.0424 e. The van der Waals surface area contributed by atoms with Crippen LogP contribution in [0.1, 0.15) is 37.7 Å². The number of nitrogens with one attached hydrogen (secondary N) is 1. The van der Waals surface area contributed by atoms with Crippen LogP contribution < -0.4 is 5.32 Å². The minimum Gasteiger partial charge on any atom is -0.313 e. The van der Waals surface area contributed by atoms with Crippen LogP contribution in [0, 0.1) is 0 Å². The molecule has 2 nitrogen and oxygen atoms in total. The van der Waals surface area contributed by atoms with Crippen molar-refractivity contribution in [2.75, 3.05) is 13.1 Å². The molecule has 20 heavy (non-hydrogen) atoms. The third-order valence-corrected chi connectivity index (χ3v) is 4.67. The topological polar surface area (TPSA) is 15.3 Å². The summed E-state index contributed by atoms with van der Waals surface area (Å²) >= 11 is 12.2. The SMILES string of the molecule is Clc1cc(Cl)cc(CN(CC2CCCCN2)C2CC2)c1. The van der Waals surface area contributed by atoms with Gasteiger partial charge in [-0.1, -0.05) is 29.6 Å². The molecule has 1 aromatic carbocycles. The summed E-state index contributed by atoms with van der Waals surface area (Å²) in [6.07, 6.45) is 6.66. The van der Waals surface area contributed by atoms with E-state index in [0.717, 1.165) is 29.2 Å². The zero-order valence-electron chi connectivity index (χ0n) is 11.7. The van der Waals surface area contributed by atoms with E-state index in [0.29, 0.717) is 6.04 Å². The quantitative estimate of drug-likeness (QED) is 0.880. The second-order valence-corrected chi connectivity index (χ2v) is 6.96. The van der Waals surface area contributed by atoms with Crippen LogP contribution in [0.25, 0.3) is 0 Å². The van der Waals surface area contributed by atoms with E-state index in [1.165, 1.54) is 44.2 Å². The van der Waals surface area contributed by atoms with Gasteiger partial charge in [-0.3, -0.25) is 4.90 Å². The smallest absolute Gasteiger partial charge is 0.0424 e. The van der Waals surface area contributed by atoms with Crippen molar-refractivity contribution in [3.63, 3.8) is 0 Å². The number of nitrogens with zero attached hydrogens (tertiary/aromatic N) is 1. The average molecular weight is 313 g/mol. The Morgan fingerprint density at radius 1 is 1.05 bits per heavy atom. The monoisotopic (exact) mass is 312 g/mol. The van der Waals surface area contributed by atoms with E-state index < -0.39 is 0 Å². The lowest BCUT2D eigenvalue weighted by molar-refractivity contribution is 0.208. The van der Waals surface area contributed by atoms with Gasteiger partial charge in [0, 0.05) is 35.2 Å². The molecule has 1 atom stereocenters. The summed E-state index contributed by atoms with van der Waals surface area (Å²) in [6, 6.07) is 7.29. The molecule has 0 spiro atoms. The van der Waals surface area contributed by atoms with Crippen LogP contribution in [0.3, 0.4) is 0 Å². The van der Waals surface area contributed by atoms with Crippen molar-refractivity contribution in [1.29, 1.82) is 0 Å². The van der Waals surface area contributed by atoms with E-state index in [-0.39, 0.29) is 0 Å². The molecule has 1 heterocycles. The Hall–Kier alpha value is -0.280. The molecule has 4 heteroatoms. The molecule has 1 aliphatic carbocycles. The Bertz CT molecular complexity index is 434. The minimum absolute atomic E-state index is 0.652. The van der Waals surface area contributed by atoms with E-state index in [2.05, 4.69) is 10.2 Å². The number of rotatable bonds is 5. The molecule has 1 saturated heterocycles. The highest BCUT2D eigenvalue weighted by Gasteiger charge is 2.30. The molecule has 3 rings (SSSR count). The van der Waals surface area contributed by atoms with Gasteiger partial charge in [0.15, 0.2) is 0 Å². The maximum atomic E-state index is 6.11. The molecule has 0 radical (unpaired) electrons. The van der Waals surface area contributed by atoms with Crippen molar-refractivity contribution < 1.29 is 0 Å². The number of hydrogen-bond acceptors (Lipinski definition) is 2. The van der Waals surface area contributed by atoms with E-state index in [1.54, 1.807) is 6.07 Å². The molecular weight excluding hydrogens is 291 g/mol. The summed E-state index contributed by atoms with van der Waals surface area (Å²) in [5.74, 6) is 0. The zero-order valence-corrected chi connectivity index (χ0v) is 13.3. The van der Waals surface area contributed by atoms with Crippen molar-refractivity contribution in [2.24, 2.45) is 0 Å². The first-order valence-electron chi connectivity index (χ1n) is 7.63. The molecule has 1 aliphatic heterocycles. The van der Waals surface area contributed by atoms with Gasteiger partial charge >= 0.3 is 0 Å². The maximum absolute atomic E-state index is 6.11. The second-order valence-electron chi connectivity index (χ2n) is 6.09. The van der Waals surface area contributed by atoms with Gasteiger partial charge in [-0.2, -0.15) is 0 Å². The minimum atomic E-state index is 0.652. The van der Waals surface area contributed by atoms with Gasteiger partial charge in [0.25, 0.3) is 0 Å². The van der Waals surface area contributed by atoms with Crippen molar-refractivity contribution >= 4 is 23.2 Å². The van der Waals surface area contributed by atoms with Gasteiger partial charge in [-0.25, -0.2) is 0 Å². The summed E-state index contributed by atoms with van der Waals surface area (Å²) < 4.78 is 0. The normalized spacial score (nSPS) is 23.2. The highest BCUT2D eigenvalue weighted by Crippen LogP contribution is 2.30. The first kappa shape index (κ1) is 14.6. The molecule has 1 N–H and O–H groups in total. The zero-order chi connectivity index (χ0) is 13.9. The van der Waals surface area contributed by atoms with Crippen molar-refractivity contribution in [1.82, 2.24) is 10.2 Å². The van der Waals surface area contributed by atoms with Crippen LogP contribution in [-0.2, 0) is 6.54 Å². The third-order valence-electron chi connectivity index (χ3n) is 4.24. The highest BCUT2D eigenvalue weighted by atomic mass is 35.5. The predicted octanol–water partition coefficient (Wildman–Crippen LogP) is 4.10. The Balaban J connectivity index is 1.64.